The molecule has 0 aliphatic rings. The van der Waals surface area contributed by atoms with E-state index in [1.54, 1.807) is 25.1 Å². The third kappa shape index (κ3) is 4.52. The van der Waals surface area contributed by atoms with Gasteiger partial charge in [0.2, 0.25) is 11.8 Å². The van der Waals surface area contributed by atoms with E-state index in [-0.39, 0.29) is 28.7 Å². The predicted molar refractivity (Wildman–Crippen MR) is 114 cm³/mol. The highest BCUT2D eigenvalue weighted by atomic mass is 19.3. The van der Waals surface area contributed by atoms with E-state index in [0.29, 0.717) is 22.4 Å². The van der Waals surface area contributed by atoms with Crippen molar-refractivity contribution in [3.8, 4) is 28.6 Å². The molecule has 8 nitrogen and oxygen atoms in total. The summed E-state index contributed by atoms with van der Waals surface area (Å²) in [5, 5.41) is 16.3. The van der Waals surface area contributed by atoms with Gasteiger partial charge in [-0.05, 0) is 36.8 Å². The van der Waals surface area contributed by atoms with Gasteiger partial charge in [0.1, 0.15) is 5.75 Å². The van der Waals surface area contributed by atoms with Gasteiger partial charge in [-0.15, -0.1) is 5.10 Å². The average molecular weight is 457 g/mol. The van der Waals surface area contributed by atoms with E-state index < -0.39 is 24.7 Å². The van der Waals surface area contributed by atoms with Crippen LogP contribution in [0.2, 0.25) is 0 Å². The normalized spacial score (nSPS) is 11.2. The van der Waals surface area contributed by atoms with Crippen molar-refractivity contribution in [2.45, 2.75) is 13.3 Å². The van der Waals surface area contributed by atoms with E-state index in [1.807, 2.05) is 0 Å². The van der Waals surface area contributed by atoms with E-state index in [4.69, 9.17) is 10.5 Å². The summed E-state index contributed by atoms with van der Waals surface area (Å²) in [6.07, 6.45) is -1.14. The van der Waals surface area contributed by atoms with Crippen molar-refractivity contribution in [1.82, 2.24) is 14.6 Å². The molecule has 0 radical (unpaired) electrons. The molecule has 0 fully saturated rings. The number of amides is 1. The molecule has 2 aromatic heterocycles. The summed E-state index contributed by atoms with van der Waals surface area (Å²) < 4.78 is 46.7. The maximum absolute atomic E-state index is 14.2. The fourth-order valence-electron chi connectivity index (χ4n) is 3.29. The molecule has 2 aromatic carbocycles. The standard InChI is InChI=1S/C22H18F3N5O3/c1-11-6-12(2-4-14(11)21(26)32)17-9-28-22-16(27-10-19(24)25)8-20(29-30(17)22)33-18-5-3-13(31)7-15(18)23/h2-9,19,27,31H,10H2,1H3,(H2,26,32). The van der Waals surface area contributed by atoms with Crippen LogP contribution in [0.25, 0.3) is 16.9 Å². The van der Waals surface area contributed by atoms with E-state index in [9.17, 15) is 23.1 Å². The van der Waals surface area contributed by atoms with Crippen LogP contribution >= 0.6 is 0 Å². The van der Waals surface area contributed by atoms with Crippen LogP contribution in [-0.4, -0.2) is 38.6 Å². The first-order valence-electron chi connectivity index (χ1n) is 9.71. The van der Waals surface area contributed by atoms with Crippen LogP contribution in [0.5, 0.6) is 17.4 Å². The number of ether oxygens (including phenoxy) is 1. The number of imidazole rings is 1. The van der Waals surface area contributed by atoms with Gasteiger partial charge in [-0.2, -0.15) is 0 Å². The Morgan fingerprint density at radius 1 is 1.24 bits per heavy atom. The number of carbonyl (C=O) groups is 1. The Balaban J connectivity index is 1.82. The fourth-order valence-corrected chi connectivity index (χ4v) is 3.29. The van der Waals surface area contributed by atoms with Gasteiger partial charge in [0.25, 0.3) is 6.43 Å². The Morgan fingerprint density at radius 2 is 2.03 bits per heavy atom. The smallest absolute Gasteiger partial charge is 0.255 e. The molecule has 0 bridgehead atoms. The number of nitrogens with two attached hydrogens (primary N) is 1. The van der Waals surface area contributed by atoms with Gasteiger partial charge >= 0.3 is 0 Å². The number of aromatic hydroxyl groups is 1. The van der Waals surface area contributed by atoms with Gasteiger partial charge < -0.3 is 20.9 Å². The molecule has 11 heteroatoms. The van der Waals surface area contributed by atoms with Crippen molar-refractivity contribution in [3.05, 3.63) is 65.6 Å². The van der Waals surface area contributed by atoms with Gasteiger partial charge in [-0.25, -0.2) is 22.7 Å². The minimum atomic E-state index is -2.63. The first-order valence-corrected chi connectivity index (χ1v) is 9.71. The first-order chi connectivity index (χ1) is 15.7. The SMILES string of the molecule is Cc1cc(-c2cnc3c(NCC(F)F)cc(Oc4ccc(O)cc4F)nn23)ccc1C(N)=O. The lowest BCUT2D eigenvalue weighted by Gasteiger charge is -2.12. The average Bonchev–Trinajstić information content (AvgIpc) is 3.17. The summed E-state index contributed by atoms with van der Waals surface area (Å²) in [5.41, 5.74) is 7.88. The Labute approximate surface area is 185 Å². The summed E-state index contributed by atoms with van der Waals surface area (Å²) >= 11 is 0. The Kier molecular flexibility index (Phi) is 5.78. The third-order valence-corrected chi connectivity index (χ3v) is 4.81. The fraction of sp³-hybridized carbons (Fsp3) is 0.136. The number of anilines is 1. The van der Waals surface area contributed by atoms with E-state index >= 15 is 0 Å². The van der Waals surface area contributed by atoms with Crippen molar-refractivity contribution in [2.24, 2.45) is 5.73 Å². The minimum Gasteiger partial charge on any atom is -0.508 e. The van der Waals surface area contributed by atoms with Gasteiger partial charge in [0, 0.05) is 23.3 Å². The number of rotatable bonds is 7. The number of carbonyl (C=O) groups excluding carboxylic acids is 1. The second-order valence-electron chi connectivity index (χ2n) is 7.16. The van der Waals surface area contributed by atoms with Crippen LogP contribution in [-0.2, 0) is 0 Å². The molecule has 0 aliphatic carbocycles. The highest BCUT2D eigenvalue weighted by molar-refractivity contribution is 5.94. The van der Waals surface area contributed by atoms with Crippen LogP contribution < -0.4 is 15.8 Å². The Hall–Kier alpha value is -4.28. The molecular weight excluding hydrogens is 439 g/mol. The zero-order valence-electron chi connectivity index (χ0n) is 17.2. The largest absolute Gasteiger partial charge is 0.508 e. The van der Waals surface area contributed by atoms with Crippen molar-refractivity contribution in [2.75, 3.05) is 11.9 Å². The summed E-state index contributed by atoms with van der Waals surface area (Å²) in [6, 6.07) is 9.57. The molecule has 4 N–H and O–H groups in total. The lowest BCUT2D eigenvalue weighted by molar-refractivity contribution is 0.0999. The second kappa shape index (κ2) is 8.69. The lowest BCUT2D eigenvalue weighted by atomic mass is 10.0. The van der Waals surface area contributed by atoms with Crippen molar-refractivity contribution < 1.29 is 27.8 Å². The second-order valence-corrected chi connectivity index (χ2v) is 7.16. The zero-order chi connectivity index (χ0) is 23.7. The number of benzene rings is 2. The number of aryl methyl sites for hydroxylation is 1. The number of hydrogen-bond acceptors (Lipinski definition) is 6. The number of alkyl halides is 2. The van der Waals surface area contributed by atoms with Gasteiger partial charge in [-0.1, -0.05) is 6.07 Å². The van der Waals surface area contributed by atoms with Crippen LogP contribution in [0.1, 0.15) is 15.9 Å². The van der Waals surface area contributed by atoms with Crippen molar-refractivity contribution in [3.63, 3.8) is 0 Å². The van der Waals surface area contributed by atoms with E-state index in [2.05, 4.69) is 15.4 Å². The van der Waals surface area contributed by atoms with Crippen LogP contribution in [0.15, 0.2) is 48.7 Å². The molecule has 0 saturated carbocycles. The Morgan fingerprint density at radius 3 is 2.70 bits per heavy atom. The summed E-state index contributed by atoms with van der Waals surface area (Å²) in [5.74, 6) is -2.01. The molecule has 170 valence electrons. The highest BCUT2D eigenvalue weighted by Crippen LogP contribution is 2.31. The molecule has 1 amide bonds. The zero-order valence-corrected chi connectivity index (χ0v) is 17.2. The van der Waals surface area contributed by atoms with E-state index in [0.717, 1.165) is 6.07 Å². The molecule has 0 atom stereocenters. The van der Waals surface area contributed by atoms with Crippen molar-refractivity contribution >= 4 is 17.2 Å². The summed E-state index contributed by atoms with van der Waals surface area (Å²) in [6.45, 7) is 1.07. The number of aromatic nitrogens is 3. The van der Waals surface area contributed by atoms with Gasteiger partial charge in [0.15, 0.2) is 17.2 Å². The van der Waals surface area contributed by atoms with Crippen molar-refractivity contribution in [1.29, 1.82) is 0 Å². The predicted octanol–water partition coefficient (Wildman–Crippen LogP) is 4.12. The number of fused-ring (bicyclic) bond motifs is 1. The first kappa shape index (κ1) is 21.9. The minimum absolute atomic E-state index is 0.103. The maximum atomic E-state index is 14.2. The molecule has 2 heterocycles. The Bertz CT molecular complexity index is 1360. The van der Waals surface area contributed by atoms with Gasteiger partial charge in [-0.3, -0.25) is 4.79 Å². The molecule has 0 saturated heterocycles. The van der Waals surface area contributed by atoms with Crippen LogP contribution in [0.4, 0.5) is 18.9 Å². The van der Waals surface area contributed by atoms with Crippen LogP contribution in [0.3, 0.4) is 0 Å². The number of nitrogens with one attached hydrogen (secondary N) is 1. The number of primary amides is 1. The highest BCUT2D eigenvalue weighted by Gasteiger charge is 2.17. The van der Waals surface area contributed by atoms with E-state index in [1.165, 1.54) is 28.9 Å². The topological polar surface area (TPSA) is 115 Å². The molecule has 33 heavy (non-hydrogen) atoms. The number of phenols is 1. The van der Waals surface area contributed by atoms with Gasteiger partial charge in [0.05, 0.1) is 24.1 Å². The number of hydrogen-bond donors (Lipinski definition) is 3. The summed E-state index contributed by atoms with van der Waals surface area (Å²) in [7, 11) is 0. The molecule has 4 rings (SSSR count). The van der Waals surface area contributed by atoms with Crippen LogP contribution in [0, 0.1) is 12.7 Å². The quantitative estimate of drug-likeness (QED) is 0.385. The number of halogens is 3. The number of phenolic OH excluding ortho intramolecular Hbond substituents is 1. The molecule has 0 unspecified atom stereocenters. The summed E-state index contributed by atoms with van der Waals surface area (Å²) in [4.78, 5) is 15.8. The lowest BCUT2D eigenvalue weighted by Crippen LogP contribution is -2.13. The third-order valence-electron chi connectivity index (χ3n) is 4.81. The molecule has 0 aliphatic heterocycles. The maximum Gasteiger partial charge on any atom is 0.255 e. The molecule has 0 spiro atoms. The number of nitrogens with zero attached hydrogens (tertiary/aromatic N) is 3. The monoisotopic (exact) mass is 457 g/mol. The molecule has 4 aromatic rings. The molecular formula is C22H18F3N5O3.